The predicted octanol–water partition coefficient (Wildman–Crippen LogP) is 4.91. The molecule has 0 aliphatic carbocycles. The second-order valence-corrected chi connectivity index (χ2v) is 6.73. The molecule has 27 heavy (non-hydrogen) atoms. The van der Waals surface area contributed by atoms with Gasteiger partial charge < -0.3 is 14.2 Å². The SMILES string of the molecule is c1ccc(COCC2CCOC(c3ccccc3)(c3ccccc3)O2)cc1. The van der Waals surface area contributed by atoms with Gasteiger partial charge in [0.25, 0.3) is 0 Å². The van der Waals surface area contributed by atoms with Crippen LogP contribution in [0.2, 0.25) is 0 Å². The summed E-state index contributed by atoms with van der Waals surface area (Å²) in [7, 11) is 0. The van der Waals surface area contributed by atoms with Gasteiger partial charge in [0.1, 0.15) is 0 Å². The predicted molar refractivity (Wildman–Crippen MR) is 105 cm³/mol. The van der Waals surface area contributed by atoms with Crippen molar-refractivity contribution in [3.63, 3.8) is 0 Å². The van der Waals surface area contributed by atoms with Crippen LogP contribution in [0.5, 0.6) is 0 Å². The molecule has 0 radical (unpaired) electrons. The van der Waals surface area contributed by atoms with E-state index in [1.807, 2.05) is 54.6 Å². The van der Waals surface area contributed by atoms with Crippen LogP contribution < -0.4 is 0 Å². The number of benzene rings is 3. The summed E-state index contributed by atoms with van der Waals surface area (Å²) >= 11 is 0. The van der Waals surface area contributed by atoms with E-state index in [4.69, 9.17) is 14.2 Å². The molecule has 1 heterocycles. The molecule has 1 saturated heterocycles. The first-order chi connectivity index (χ1) is 13.4. The maximum Gasteiger partial charge on any atom is 0.222 e. The molecule has 0 spiro atoms. The van der Waals surface area contributed by atoms with E-state index in [0.717, 1.165) is 17.5 Å². The van der Waals surface area contributed by atoms with Crippen molar-refractivity contribution in [1.29, 1.82) is 0 Å². The van der Waals surface area contributed by atoms with Crippen molar-refractivity contribution in [1.82, 2.24) is 0 Å². The summed E-state index contributed by atoms with van der Waals surface area (Å²) in [5.74, 6) is -0.887. The normalized spacial score (nSPS) is 18.9. The summed E-state index contributed by atoms with van der Waals surface area (Å²) in [5, 5.41) is 0. The smallest absolute Gasteiger partial charge is 0.222 e. The van der Waals surface area contributed by atoms with E-state index in [-0.39, 0.29) is 6.10 Å². The molecule has 1 fully saturated rings. The molecular formula is C24H24O3. The maximum atomic E-state index is 6.54. The summed E-state index contributed by atoms with van der Waals surface area (Å²) in [6, 6.07) is 30.5. The number of hydrogen-bond donors (Lipinski definition) is 0. The van der Waals surface area contributed by atoms with Crippen molar-refractivity contribution >= 4 is 0 Å². The molecule has 0 N–H and O–H groups in total. The van der Waals surface area contributed by atoms with Crippen LogP contribution in [-0.2, 0) is 26.6 Å². The van der Waals surface area contributed by atoms with Gasteiger partial charge in [0.05, 0.1) is 25.9 Å². The fraction of sp³-hybridized carbons (Fsp3) is 0.250. The minimum absolute atomic E-state index is 0.0251. The maximum absolute atomic E-state index is 6.54. The first kappa shape index (κ1) is 17.9. The lowest BCUT2D eigenvalue weighted by molar-refractivity contribution is -0.285. The van der Waals surface area contributed by atoms with Gasteiger partial charge in [0, 0.05) is 11.1 Å². The molecule has 1 unspecified atom stereocenters. The standard InChI is InChI=1S/C24H24O3/c1-4-10-20(11-5-1)18-25-19-23-16-17-26-24(27-23,21-12-6-2-7-13-21)22-14-8-3-9-15-22/h1-15,23H,16-19H2. The molecule has 3 nitrogen and oxygen atoms in total. The molecule has 1 atom stereocenters. The van der Waals surface area contributed by atoms with Crippen molar-refractivity contribution in [2.24, 2.45) is 0 Å². The third-order valence-electron chi connectivity index (χ3n) is 4.80. The first-order valence-corrected chi connectivity index (χ1v) is 9.41. The topological polar surface area (TPSA) is 27.7 Å². The van der Waals surface area contributed by atoms with E-state index in [1.54, 1.807) is 0 Å². The van der Waals surface area contributed by atoms with E-state index in [2.05, 4.69) is 36.4 Å². The van der Waals surface area contributed by atoms with E-state index in [0.29, 0.717) is 19.8 Å². The zero-order valence-corrected chi connectivity index (χ0v) is 15.3. The van der Waals surface area contributed by atoms with Gasteiger partial charge in [-0.1, -0.05) is 91.0 Å². The Morgan fingerprint density at radius 2 is 1.33 bits per heavy atom. The second kappa shape index (κ2) is 8.49. The van der Waals surface area contributed by atoms with Crippen molar-refractivity contribution < 1.29 is 14.2 Å². The second-order valence-electron chi connectivity index (χ2n) is 6.73. The molecule has 138 valence electrons. The highest BCUT2D eigenvalue weighted by atomic mass is 16.7. The van der Waals surface area contributed by atoms with Crippen LogP contribution in [0.15, 0.2) is 91.0 Å². The van der Waals surface area contributed by atoms with Crippen molar-refractivity contribution in [2.75, 3.05) is 13.2 Å². The van der Waals surface area contributed by atoms with Gasteiger partial charge in [-0.25, -0.2) is 0 Å². The molecule has 0 aromatic heterocycles. The fourth-order valence-electron chi connectivity index (χ4n) is 3.45. The summed E-state index contributed by atoms with van der Waals surface area (Å²) in [5.41, 5.74) is 3.18. The molecule has 0 bridgehead atoms. The largest absolute Gasteiger partial charge is 0.374 e. The highest BCUT2D eigenvalue weighted by Crippen LogP contribution is 2.39. The Balaban J connectivity index is 1.52. The Bertz CT molecular complexity index is 779. The van der Waals surface area contributed by atoms with Gasteiger partial charge in [-0.15, -0.1) is 0 Å². The van der Waals surface area contributed by atoms with Crippen LogP contribution in [0.25, 0.3) is 0 Å². The van der Waals surface area contributed by atoms with Gasteiger partial charge in [0.2, 0.25) is 5.79 Å². The van der Waals surface area contributed by atoms with Gasteiger partial charge in [-0.3, -0.25) is 0 Å². The Labute approximate surface area is 160 Å². The van der Waals surface area contributed by atoms with Gasteiger partial charge >= 0.3 is 0 Å². The van der Waals surface area contributed by atoms with Crippen LogP contribution in [0.4, 0.5) is 0 Å². The summed E-state index contributed by atoms with van der Waals surface area (Å²) in [4.78, 5) is 0. The van der Waals surface area contributed by atoms with Crippen molar-refractivity contribution in [2.45, 2.75) is 24.9 Å². The highest BCUT2D eigenvalue weighted by Gasteiger charge is 2.42. The van der Waals surface area contributed by atoms with Crippen LogP contribution >= 0.6 is 0 Å². The van der Waals surface area contributed by atoms with Crippen molar-refractivity contribution in [3.05, 3.63) is 108 Å². The Morgan fingerprint density at radius 3 is 1.93 bits per heavy atom. The summed E-state index contributed by atoms with van der Waals surface area (Å²) < 4.78 is 18.7. The van der Waals surface area contributed by atoms with Crippen LogP contribution in [0, 0.1) is 0 Å². The van der Waals surface area contributed by atoms with Crippen LogP contribution in [0.1, 0.15) is 23.1 Å². The number of ether oxygens (including phenoxy) is 3. The first-order valence-electron chi connectivity index (χ1n) is 9.41. The van der Waals surface area contributed by atoms with Gasteiger partial charge in [-0.2, -0.15) is 0 Å². The Hall–Kier alpha value is -2.46. The molecule has 0 amide bonds. The van der Waals surface area contributed by atoms with E-state index in [9.17, 15) is 0 Å². The quantitative estimate of drug-likeness (QED) is 0.625. The molecule has 3 aromatic rings. The summed E-state index contributed by atoms with van der Waals surface area (Å²) in [6.45, 7) is 1.76. The zero-order chi connectivity index (χ0) is 18.4. The molecule has 1 aliphatic heterocycles. The third-order valence-corrected chi connectivity index (χ3v) is 4.80. The van der Waals surface area contributed by atoms with E-state index < -0.39 is 5.79 Å². The fourth-order valence-corrected chi connectivity index (χ4v) is 3.45. The summed E-state index contributed by atoms with van der Waals surface area (Å²) in [6.07, 6.45) is 0.791. The monoisotopic (exact) mass is 360 g/mol. The number of rotatable bonds is 6. The van der Waals surface area contributed by atoms with Gasteiger partial charge in [0.15, 0.2) is 0 Å². The Morgan fingerprint density at radius 1 is 0.778 bits per heavy atom. The molecule has 3 aromatic carbocycles. The molecule has 3 heteroatoms. The van der Waals surface area contributed by atoms with Gasteiger partial charge in [-0.05, 0) is 12.0 Å². The molecule has 4 rings (SSSR count). The van der Waals surface area contributed by atoms with Crippen LogP contribution in [0.3, 0.4) is 0 Å². The lowest BCUT2D eigenvalue weighted by atomic mass is 9.95. The minimum Gasteiger partial charge on any atom is -0.374 e. The average molecular weight is 360 g/mol. The van der Waals surface area contributed by atoms with Crippen molar-refractivity contribution in [3.8, 4) is 0 Å². The molecular weight excluding hydrogens is 336 g/mol. The van der Waals surface area contributed by atoms with E-state index >= 15 is 0 Å². The lowest BCUT2D eigenvalue weighted by Gasteiger charge is -2.41. The zero-order valence-electron chi connectivity index (χ0n) is 15.3. The van der Waals surface area contributed by atoms with E-state index in [1.165, 1.54) is 5.56 Å². The minimum atomic E-state index is -0.887. The third kappa shape index (κ3) is 4.11. The number of hydrogen-bond acceptors (Lipinski definition) is 3. The molecule has 1 aliphatic rings. The lowest BCUT2D eigenvalue weighted by Crippen LogP contribution is -2.44. The molecule has 0 saturated carbocycles. The average Bonchev–Trinajstić information content (AvgIpc) is 2.76. The highest BCUT2D eigenvalue weighted by molar-refractivity contribution is 5.34. The Kier molecular flexibility index (Phi) is 5.64. The van der Waals surface area contributed by atoms with Crippen LogP contribution in [-0.4, -0.2) is 19.3 Å².